The molecule has 4 rings (SSSR count). The lowest BCUT2D eigenvalue weighted by Crippen LogP contribution is -2.48. The van der Waals surface area contributed by atoms with Crippen LogP contribution in [0.5, 0.6) is 0 Å². The number of nitrogens with zero attached hydrogens (tertiary/aromatic N) is 1. The number of hydrogen-bond donors (Lipinski definition) is 0. The Morgan fingerprint density at radius 1 is 1.35 bits per heavy atom. The van der Waals surface area contributed by atoms with Crippen LogP contribution in [0.1, 0.15) is 26.7 Å². The van der Waals surface area contributed by atoms with Crippen molar-refractivity contribution in [2.24, 2.45) is 16.7 Å². The summed E-state index contributed by atoms with van der Waals surface area (Å²) in [5.74, 6) is 0.198. The lowest BCUT2D eigenvalue weighted by atomic mass is 9.68. The van der Waals surface area contributed by atoms with E-state index in [9.17, 15) is 8.42 Å². The molecule has 2 saturated carbocycles. The number of fused-ring (bicyclic) bond motifs is 1. The normalized spacial score (nSPS) is 58.8. The lowest BCUT2D eigenvalue weighted by molar-refractivity contribution is 0.0704. The molecule has 0 aromatic heterocycles. The van der Waals surface area contributed by atoms with Crippen LogP contribution in [0.2, 0.25) is 0 Å². The van der Waals surface area contributed by atoms with Gasteiger partial charge in [-0.3, -0.25) is 4.84 Å². The molecule has 4 fully saturated rings. The van der Waals surface area contributed by atoms with Crippen molar-refractivity contribution >= 4 is 33.2 Å². The zero-order valence-electron chi connectivity index (χ0n) is 9.53. The highest BCUT2D eigenvalue weighted by Gasteiger charge is 2.97. The van der Waals surface area contributed by atoms with E-state index >= 15 is 0 Å². The Balaban J connectivity index is 2.05. The zero-order chi connectivity index (χ0) is 12.5. The van der Waals surface area contributed by atoms with Gasteiger partial charge in [-0.1, -0.05) is 37.0 Å². The van der Waals surface area contributed by atoms with E-state index < -0.39 is 25.5 Å². The van der Waals surface area contributed by atoms with Crippen LogP contribution in [0, 0.1) is 16.7 Å². The Hall–Kier alpha value is 0.450. The molecular formula is C10H13Cl2NO3S. The van der Waals surface area contributed by atoms with Crippen LogP contribution in [-0.2, 0) is 14.9 Å². The summed E-state index contributed by atoms with van der Waals surface area (Å²) in [7, 11) is -3.36. The number of halogens is 2. The molecule has 0 radical (unpaired) electrons. The van der Waals surface area contributed by atoms with Crippen LogP contribution in [0.3, 0.4) is 0 Å². The van der Waals surface area contributed by atoms with Crippen LogP contribution in [-0.4, -0.2) is 28.7 Å². The quantitative estimate of drug-likeness (QED) is 0.507. The van der Waals surface area contributed by atoms with Crippen molar-refractivity contribution in [3.05, 3.63) is 0 Å². The van der Waals surface area contributed by atoms with Crippen molar-refractivity contribution in [2.45, 2.75) is 36.7 Å². The van der Waals surface area contributed by atoms with Crippen molar-refractivity contribution in [2.75, 3.05) is 5.75 Å². The second-order valence-electron chi connectivity index (χ2n) is 6.24. The van der Waals surface area contributed by atoms with Gasteiger partial charge in [0.1, 0.15) is 0 Å². The average Bonchev–Trinajstić information content (AvgIpc) is 2.78. The molecule has 4 aliphatic rings. The molecule has 2 aliphatic carbocycles. The fourth-order valence-corrected chi connectivity index (χ4v) is 8.56. The zero-order valence-corrected chi connectivity index (χ0v) is 11.9. The topological polar surface area (TPSA) is 49.7 Å². The molecule has 2 bridgehead atoms. The van der Waals surface area contributed by atoms with E-state index in [-0.39, 0.29) is 17.1 Å². The molecule has 0 aromatic rings. The van der Waals surface area contributed by atoms with Gasteiger partial charge in [-0.15, -0.1) is 0 Å². The predicted octanol–water partition coefficient (Wildman–Crippen LogP) is 1.88. The van der Waals surface area contributed by atoms with E-state index in [1.807, 2.05) is 0 Å². The second kappa shape index (κ2) is 2.40. The molecule has 4 nitrogen and oxygen atoms in total. The van der Waals surface area contributed by atoms with Crippen LogP contribution < -0.4 is 0 Å². The largest absolute Gasteiger partial charge is 0.251 e. The lowest BCUT2D eigenvalue weighted by Gasteiger charge is -2.36. The van der Waals surface area contributed by atoms with Crippen LogP contribution in [0.15, 0.2) is 0 Å². The van der Waals surface area contributed by atoms with E-state index in [1.54, 1.807) is 0 Å². The molecule has 4 atom stereocenters. The molecule has 96 valence electrons. The Labute approximate surface area is 110 Å². The van der Waals surface area contributed by atoms with Gasteiger partial charge in [-0.25, -0.2) is 8.42 Å². The summed E-state index contributed by atoms with van der Waals surface area (Å²) in [5.41, 5.74) is -1.66. The maximum Gasteiger partial charge on any atom is 0.239 e. The van der Waals surface area contributed by atoms with Gasteiger partial charge in [0.05, 0.1) is 5.75 Å². The molecule has 2 spiro atoms. The van der Waals surface area contributed by atoms with Crippen molar-refractivity contribution in [3.63, 3.8) is 0 Å². The SMILES string of the molecule is CC1(C)C2CC[C@]13CS(=O)(=O)N1OC13C2(Cl)Cl. The number of hydrogen-bond acceptors (Lipinski definition) is 3. The molecule has 17 heavy (non-hydrogen) atoms. The van der Waals surface area contributed by atoms with E-state index in [4.69, 9.17) is 28.0 Å². The molecule has 0 amide bonds. The summed E-state index contributed by atoms with van der Waals surface area (Å²) in [6, 6.07) is 0. The molecule has 2 aliphatic heterocycles. The Morgan fingerprint density at radius 3 is 2.53 bits per heavy atom. The highest BCUT2D eigenvalue weighted by Crippen LogP contribution is 2.85. The van der Waals surface area contributed by atoms with Crippen LogP contribution >= 0.6 is 23.2 Å². The van der Waals surface area contributed by atoms with E-state index in [1.165, 1.54) is 0 Å². The first-order valence-corrected chi connectivity index (χ1v) is 8.10. The summed E-state index contributed by atoms with van der Waals surface area (Å²) >= 11 is 13.0. The first-order chi connectivity index (χ1) is 7.64. The van der Waals surface area contributed by atoms with E-state index in [2.05, 4.69) is 13.8 Å². The van der Waals surface area contributed by atoms with Crippen molar-refractivity contribution in [3.8, 4) is 0 Å². The van der Waals surface area contributed by atoms with Crippen LogP contribution in [0.4, 0.5) is 0 Å². The molecule has 2 saturated heterocycles. The monoisotopic (exact) mass is 297 g/mol. The van der Waals surface area contributed by atoms with Gasteiger partial charge in [-0.2, -0.15) is 0 Å². The van der Waals surface area contributed by atoms with Crippen LogP contribution in [0.25, 0.3) is 0 Å². The van der Waals surface area contributed by atoms with Gasteiger partial charge in [0, 0.05) is 11.3 Å². The molecular weight excluding hydrogens is 285 g/mol. The highest BCUT2D eigenvalue weighted by molar-refractivity contribution is 7.89. The molecule has 2 heterocycles. The third-order valence-corrected chi connectivity index (χ3v) is 8.36. The first kappa shape index (κ1) is 11.3. The minimum Gasteiger partial charge on any atom is -0.251 e. The molecule has 3 unspecified atom stereocenters. The van der Waals surface area contributed by atoms with E-state index in [0.29, 0.717) is 0 Å². The Morgan fingerprint density at radius 2 is 2.00 bits per heavy atom. The number of sulfonamides is 1. The van der Waals surface area contributed by atoms with Crippen molar-refractivity contribution in [1.29, 1.82) is 0 Å². The van der Waals surface area contributed by atoms with Crippen molar-refractivity contribution < 1.29 is 13.3 Å². The molecule has 0 N–H and O–H groups in total. The fourth-order valence-electron chi connectivity index (χ4n) is 4.73. The average molecular weight is 298 g/mol. The van der Waals surface area contributed by atoms with Gasteiger partial charge < -0.3 is 0 Å². The third-order valence-electron chi connectivity index (χ3n) is 5.62. The second-order valence-corrected chi connectivity index (χ2v) is 9.41. The summed E-state index contributed by atoms with van der Waals surface area (Å²) in [6.45, 7) is 4.14. The smallest absolute Gasteiger partial charge is 0.239 e. The molecule has 7 heteroatoms. The summed E-state index contributed by atoms with van der Waals surface area (Å²) in [5, 5.41) is 0. The van der Waals surface area contributed by atoms with Crippen molar-refractivity contribution in [1.82, 2.24) is 4.47 Å². The highest BCUT2D eigenvalue weighted by atomic mass is 35.5. The number of alkyl halides is 2. The van der Waals surface area contributed by atoms with Gasteiger partial charge in [0.15, 0.2) is 4.33 Å². The summed E-state index contributed by atoms with van der Waals surface area (Å²) in [6.07, 6.45) is 1.69. The van der Waals surface area contributed by atoms with Gasteiger partial charge in [0.25, 0.3) is 0 Å². The van der Waals surface area contributed by atoms with Gasteiger partial charge in [0.2, 0.25) is 15.7 Å². The van der Waals surface area contributed by atoms with Gasteiger partial charge >= 0.3 is 0 Å². The Bertz CT molecular complexity index is 538. The fraction of sp³-hybridized carbons (Fsp3) is 1.00. The van der Waals surface area contributed by atoms with E-state index in [0.717, 1.165) is 17.3 Å². The maximum atomic E-state index is 12.1. The summed E-state index contributed by atoms with van der Waals surface area (Å²) in [4.78, 5) is 5.44. The predicted molar refractivity (Wildman–Crippen MR) is 62.8 cm³/mol. The van der Waals surface area contributed by atoms with Gasteiger partial charge in [-0.05, 0) is 22.7 Å². The summed E-state index contributed by atoms with van der Waals surface area (Å²) < 4.78 is 24.1. The first-order valence-electron chi connectivity index (χ1n) is 5.74. The maximum absolute atomic E-state index is 12.1. The minimum atomic E-state index is -3.36. The third kappa shape index (κ3) is 0.778. The standard InChI is InChI=1S/C10H13Cl2NO3S/c1-7(2)6-3-4-8(7)5-17(14,15)13-10(8,16-13)9(6,11)12/h6H,3-5H2,1-2H3/t6?,8-,10?,13?/m0/s1. The number of hydroxylamine groups is 1. The number of rotatable bonds is 0. The Kier molecular flexibility index (Phi) is 1.59. The minimum absolute atomic E-state index is 0.0823. The molecule has 0 aromatic carbocycles.